The molecular formula is C13H9ClN3. The summed E-state index contributed by atoms with van der Waals surface area (Å²) >= 11 is 5.99. The molecule has 83 valence electrons. The largest absolute Gasteiger partial charge is 0.312 e. The number of halogens is 1. The summed E-state index contributed by atoms with van der Waals surface area (Å²) in [6.45, 7) is 0. The molecule has 0 atom stereocenters. The van der Waals surface area contributed by atoms with E-state index in [1.807, 2.05) is 41.9 Å². The zero-order valence-corrected chi connectivity index (χ0v) is 9.94. The van der Waals surface area contributed by atoms with Gasteiger partial charge in [0.25, 0.3) is 0 Å². The zero-order valence-electron chi connectivity index (χ0n) is 9.18. The Morgan fingerprint density at radius 3 is 2.94 bits per heavy atom. The summed E-state index contributed by atoms with van der Waals surface area (Å²) in [6.07, 6.45) is 2.82. The Morgan fingerprint density at radius 1 is 1.29 bits per heavy atom. The van der Waals surface area contributed by atoms with Crippen LogP contribution in [-0.2, 0) is 7.05 Å². The quantitative estimate of drug-likeness (QED) is 0.657. The van der Waals surface area contributed by atoms with Crippen molar-refractivity contribution in [1.29, 1.82) is 0 Å². The van der Waals surface area contributed by atoms with Crippen molar-refractivity contribution in [2.24, 2.45) is 7.05 Å². The Hall–Kier alpha value is -1.87. The SMILES string of the molecule is Cn1c(-c2cccc(Cl)c2)nc2cc[c]nc21. The lowest BCUT2D eigenvalue weighted by molar-refractivity contribution is 0.941. The molecule has 0 fully saturated rings. The van der Waals surface area contributed by atoms with Crippen LogP contribution in [0.2, 0.25) is 5.02 Å². The van der Waals surface area contributed by atoms with Gasteiger partial charge in [-0.2, -0.15) is 0 Å². The van der Waals surface area contributed by atoms with Gasteiger partial charge in [-0.25, -0.2) is 9.97 Å². The maximum atomic E-state index is 5.99. The van der Waals surface area contributed by atoms with Gasteiger partial charge in [0.1, 0.15) is 11.3 Å². The summed E-state index contributed by atoms with van der Waals surface area (Å²) in [5.74, 6) is 0.856. The Kier molecular flexibility index (Phi) is 2.34. The van der Waals surface area contributed by atoms with Crippen LogP contribution in [0.1, 0.15) is 0 Å². The van der Waals surface area contributed by atoms with Gasteiger partial charge in [-0.15, -0.1) is 0 Å². The average Bonchev–Trinajstić information content (AvgIpc) is 2.68. The monoisotopic (exact) mass is 242 g/mol. The van der Waals surface area contributed by atoms with Gasteiger partial charge in [-0.1, -0.05) is 23.7 Å². The summed E-state index contributed by atoms with van der Waals surface area (Å²) in [4.78, 5) is 8.74. The number of rotatable bonds is 1. The molecule has 0 saturated carbocycles. The predicted octanol–water partition coefficient (Wildman–Crippen LogP) is 3.09. The van der Waals surface area contributed by atoms with Gasteiger partial charge < -0.3 is 4.57 Å². The first-order valence-electron chi connectivity index (χ1n) is 5.21. The lowest BCUT2D eigenvalue weighted by Gasteiger charge is -2.01. The molecule has 0 aliphatic carbocycles. The van der Waals surface area contributed by atoms with Crippen molar-refractivity contribution in [3.05, 3.63) is 47.6 Å². The van der Waals surface area contributed by atoms with Crippen LogP contribution in [0.3, 0.4) is 0 Å². The molecule has 0 saturated heterocycles. The predicted molar refractivity (Wildman–Crippen MR) is 67.8 cm³/mol. The van der Waals surface area contributed by atoms with E-state index in [-0.39, 0.29) is 0 Å². The molecule has 0 bridgehead atoms. The second-order valence-electron chi connectivity index (χ2n) is 3.79. The molecule has 1 radical (unpaired) electrons. The number of nitrogens with zero attached hydrogens (tertiary/aromatic N) is 3. The lowest BCUT2D eigenvalue weighted by Crippen LogP contribution is -1.93. The van der Waals surface area contributed by atoms with E-state index in [0.717, 1.165) is 22.6 Å². The van der Waals surface area contributed by atoms with Gasteiger partial charge in [-0.05, 0) is 24.3 Å². The van der Waals surface area contributed by atoms with Crippen LogP contribution < -0.4 is 0 Å². The van der Waals surface area contributed by atoms with Crippen LogP contribution in [0.25, 0.3) is 22.6 Å². The van der Waals surface area contributed by atoms with Crippen LogP contribution in [0, 0.1) is 6.20 Å². The zero-order chi connectivity index (χ0) is 11.8. The summed E-state index contributed by atoms with van der Waals surface area (Å²) in [6, 6.07) is 11.3. The maximum absolute atomic E-state index is 5.99. The van der Waals surface area contributed by atoms with Crippen molar-refractivity contribution in [1.82, 2.24) is 14.5 Å². The van der Waals surface area contributed by atoms with Crippen LogP contribution in [0.15, 0.2) is 36.4 Å². The number of imidazole rings is 1. The van der Waals surface area contributed by atoms with Gasteiger partial charge in [0.15, 0.2) is 5.65 Å². The van der Waals surface area contributed by atoms with Crippen LogP contribution in [0.4, 0.5) is 0 Å². The minimum absolute atomic E-state index is 0.703. The van der Waals surface area contributed by atoms with Crippen molar-refractivity contribution >= 4 is 22.8 Å². The Balaban J connectivity index is 2.27. The molecule has 0 amide bonds. The third-order valence-electron chi connectivity index (χ3n) is 2.66. The highest BCUT2D eigenvalue weighted by molar-refractivity contribution is 6.30. The van der Waals surface area contributed by atoms with Crippen LogP contribution >= 0.6 is 11.6 Å². The Labute approximate surface area is 104 Å². The lowest BCUT2D eigenvalue weighted by atomic mass is 10.2. The third-order valence-corrected chi connectivity index (χ3v) is 2.89. The van der Waals surface area contributed by atoms with Crippen LogP contribution in [0.5, 0.6) is 0 Å². The van der Waals surface area contributed by atoms with Gasteiger partial charge in [0.2, 0.25) is 0 Å². The number of hydrogen-bond acceptors (Lipinski definition) is 2. The first kappa shape index (κ1) is 10.3. The van der Waals surface area contributed by atoms with E-state index in [4.69, 9.17) is 11.6 Å². The highest BCUT2D eigenvalue weighted by atomic mass is 35.5. The number of aromatic nitrogens is 3. The van der Waals surface area contributed by atoms with Crippen molar-refractivity contribution in [3.8, 4) is 11.4 Å². The number of aryl methyl sites for hydroxylation is 1. The molecule has 1 aromatic carbocycles. The van der Waals surface area contributed by atoms with E-state index in [1.165, 1.54) is 0 Å². The maximum Gasteiger partial charge on any atom is 0.160 e. The van der Waals surface area contributed by atoms with Gasteiger partial charge in [0, 0.05) is 17.6 Å². The summed E-state index contributed by atoms with van der Waals surface area (Å²) in [5.41, 5.74) is 2.67. The molecule has 0 N–H and O–H groups in total. The Morgan fingerprint density at radius 2 is 2.18 bits per heavy atom. The molecule has 0 spiro atoms. The van der Waals surface area contributed by atoms with Crippen molar-refractivity contribution in [2.75, 3.05) is 0 Å². The van der Waals surface area contributed by atoms with Gasteiger partial charge in [-0.3, -0.25) is 0 Å². The smallest absolute Gasteiger partial charge is 0.160 e. The first-order valence-corrected chi connectivity index (χ1v) is 5.59. The van der Waals surface area contributed by atoms with Gasteiger partial charge in [0.05, 0.1) is 6.20 Å². The van der Waals surface area contributed by atoms with Crippen molar-refractivity contribution in [2.45, 2.75) is 0 Å². The minimum Gasteiger partial charge on any atom is -0.312 e. The summed E-state index contributed by atoms with van der Waals surface area (Å²) in [5, 5.41) is 0.703. The van der Waals surface area contributed by atoms with E-state index < -0.39 is 0 Å². The van der Waals surface area contributed by atoms with E-state index in [0.29, 0.717) is 5.02 Å². The van der Waals surface area contributed by atoms with Crippen molar-refractivity contribution < 1.29 is 0 Å². The number of fused-ring (bicyclic) bond motifs is 1. The minimum atomic E-state index is 0.703. The molecule has 0 aliphatic heterocycles. The second kappa shape index (κ2) is 3.86. The molecular weight excluding hydrogens is 234 g/mol. The molecule has 4 heteroatoms. The fourth-order valence-electron chi connectivity index (χ4n) is 1.86. The van der Waals surface area contributed by atoms with E-state index in [1.54, 1.807) is 6.07 Å². The molecule has 0 aliphatic rings. The molecule has 0 unspecified atom stereocenters. The van der Waals surface area contributed by atoms with E-state index in [9.17, 15) is 0 Å². The van der Waals surface area contributed by atoms with E-state index in [2.05, 4.69) is 16.2 Å². The van der Waals surface area contributed by atoms with E-state index >= 15 is 0 Å². The topological polar surface area (TPSA) is 30.7 Å². The number of pyridine rings is 1. The number of hydrogen-bond donors (Lipinski definition) is 0. The molecule has 3 rings (SSSR count). The van der Waals surface area contributed by atoms with Crippen LogP contribution in [-0.4, -0.2) is 14.5 Å². The molecule has 3 nitrogen and oxygen atoms in total. The molecule has 17 heavy (non-hydrogen) atoms. The number of benzene rings is 1. The highest BCUT2D eigenvalue weighted by Crippen LogP contribution is 2.24. The summed E-state index contributed by atoms with van der Waals surface area (Å²) < 4.78 is 1.94. The summed E-state index contributed by atoms with van der Waals surface area (Å²) in [7, 11) is 1.94. The molecule has 2 aromatic heterocycles. The standard InChI is InChI=1S/C13H9ClN3/c1-17-12(9-4-2-5-10(14)8-9)16-11-6-3-7-15-13(11)17/h2-6,8H,1H3. The second-order valence-corrected chi connectivity index (χ2v) is 4.22. The van der Waals surface area contributed by atoms with Gasteiger partial charge >= 0.3 is 0 Å². The van der Waals surface area contributed by atoms with Crippen molar-refractivity contribution in [3.63, 3.8) is 0 Å². The fraction of sp³-hybridized carbons (Fsp3) is 0.0769. The third kappa shape index (κ3) is 1.68. The average molecular weight is 243 g/mol. The normalized spacial score (nSPS) is 10.9. The highest BCUT2D eigenvalue weighted by Gasteiger charge is 2.10. The first-order chi connectivity index (χ1) is 8.25. The Bertz CT molecular complexity index is 688. The molecule has 3 aromatic rings. The molecule has 2 heterocycles. The fourth-order valence-corrected chi connectivity index (χ4v) is 2.05.